The minimum Gasteiger partial charge on any atom is -0.497 e. The third-order valence-electron chi connectivity index (χ3n) is 3.88. The number of ether oxygens (including phenoxy) is 5. The van der Waals surface area contributed by atoms with Crippen LogP contribution in [0.5, 0.6) is 23.0 Å². The highest BCUT2D eigenvalue weighted by molar-refractivity contribution is 5.99. The van der Waals surface area contributed by atoms with Crippen molar-refractivity contribution in [3.8, 4) is 23.0 Å². The smallest absolute Gasteiger partial charge is 0.331 e. The summed E-state index contributed by atoms with van der Waals surface area (Å²) in [6.45, 7) is -0.251. The maximum atomic E-state index is 12.2. The summed E-state index contributed by atoms with van der Waals surface area (Å²) in [6.07, 6.45) is 2.76. The summed E-state index contributed by atoms with van der Waals surface area (Å²) in [6, 6.07) is 10.0. The van der Waals surface area contributed by atoms with E-state index in [9.17, 15) is 9.59 Å². The summed E-state index contributed by atoms with van der Waals surface area (Å²) in [5, 5.41) is 0. The van der Waals surface area contributed by atoms with Gasteiger partial charge < -0.3 is 23.7 Å². The number of methoxy groups -OCH3 is 2. The Labute approximate surface area is 156 Å². The SMILES string of the molecule is COc1ccc(OC)c(/C=C/C(=O)OCC(=O)c2ccc3c(c2)OCO3)c1. The molecule has 27 heavy (non-hydrogen) atoms. The van der Waals surface area contributed by atoms with Crippen molar-refractivity contribution in [1.82, 2.24) is 0 Å². The Hall–Kier alpha value is -3.48. The highest BCUT2D eigenvalue weighted by Crippen LogP contribution is 2.32. The van der Waals surface area contributed by atoms with Gasteiger partial charge in [0.1, 0.15) is 11.5 Å². The van der Waals surface area contributed by atoms with Crippen LogP contribution in [0.2, 0.25) is 0 Å². The normalized spacial score (nSPS) is 12.1. The Morgan fingerprint density at radius 3 is 2.63 bits per heavy atom. The van der Waals surface area contributed by atoms with E-state index in [1.165, 1.54) is 19.3 Å². The van der Waals surface area contributed by atoms with Crippen LogP contribution in [0.4, 0.5) is 0 Å². The molecule has 1 heterocycles. The lowest BCUT2D eigenvalue weighted by molar-refractivity contribution is -0.136. The van der Waals surface area contributed by atoms with Crippen molar-refractivity contribution in [3.63, 3.8) is 0 Å². The molecule has 0 aliphatic carbocycles. The van der Waals surface area contributed by atoms with E-state index in [-0.39, 0.29) is 19.2 Å². The van der Waals surface area contributed by atoms with Crippen LogP contribution in [0.25, 0.3) is 6.08 Å². The molecule has 0 saturated heterocycles. The fourth-order valence-corrected chi connectivity index (χ4v) is 2.47. The predicted octanol–water partition coefficient (Wildman–Crippen LogP) is 2.87. The molecular weight excluding hydrogens is 352 g/mol. The average molecular weight is 370 g/mol. The molecular formula is C20H18O7. The number of esters is 1. The van der Waals surface area contributed by atoms with Crippen LogP contribution >= 0.6 is 0 Å². The van der Waals surface area contributed by atoms with Crippen molar-refractivity contribution in [2.24, 2.45) is 0 Å². The number of fused-ring (bicyclic) bond motifs is 1. The van der Waals surface area contributed by atoms with E-state index in [0.29, 0.717) is 34.1 Å². The van der Waals surface area contributed by atoms with Crippen molar-refractivity contribution in [1.29, 1.82) is 0 Å². The molecule has 7 heteroatoms. The first-order valence-electron chi connectivity index (χ1n) is 8.10. The van der Waals surface area contributed by atoms with Gasteiger partial charge >= 0.3 is 5.97 Å². The first kappa shape index (κ1) is 18.3. The molecule has 0 spiro atoms. The van der Waals surface area contributed by atoms with Gasteiger partial charge in [-0.3, -0.25) is 4.79 Å². The summed E-state index contributed by atoms with van der Waals surface area (Å²) in [5.74, 6) is 1.30. The lowest BCUT2D eigenvalue weighted by Gasteiger charge is -2.07. The van der Waals surface area contributed by atoms with Gasteiger partial charge in [-0.25, -0.2) is 4.79 Å². The monoisotopic (exact) mass is 370 g/mol. The molecule has 0 bridgehead atoms. The summed E-state index contributed by atoms with van der Waals surface area (Å²) in [7, 11) is 3.08. The van der Waals surface area contributed by atoms with Crippen LogP contribution in [-0.4, -0.2) is 39.4 Å². The largest absolute Gasteiger partial charge is 0.497 e. The van der Waals surface area contributed by atoms with E-state index < -0.39 is 5.97 Å². The summed E-state index contributed by atoms with van der Waals surface area (Å²) in [5.41, 5.74) is 1.03. The van der Waals surface area contributed by atoms with Gasteiger partial charge in [-0.15, -0.1) is 0 Å². The zero-order valence-electron chi connectivity index (χ0n) is 14.9. The fourth-order valence-electron chi connectivity index (χ4n) is 2.47. The van der Waals surface area contributed by atoms with Gasteiger partial charge in [-0.05, 0) is 42.5 Å². The molecule has 0 N–H and O–H groups in total. The van der Waals surface area contributed by atoms with Gasteiger partial charge in [0.05, 0.1) is 14.2 Å². The molecule has 1 aliphatic rings. The van der Waals surface area contributed by atoms with E-state index in [2.05, 4.69) is 0 Å². The average Bonchev–Trinajstić information content (AvgIpc) is 3.17. The van der Waals surface area contributed by atoms with E-state index in [0.717, 1.165) is 0 Å². The molecule has 0 fully saturated rings. The van der Waals surface area contributed by atoms with Crippen molar-refractivity contribution in [2.45, 2.75) is 0 Å². The third-order valence-corrected chi connectivity index (χ3v) is 3.88. The van der Waals surface area contributed by atoms with Crippen LogP contribution < -0.4 is 18.9 Å². The zero-order chi connectivity index (χ0) is 19.2. The summed E-state index contributed by atoms with van der Waals surface area (Å²) in [4.78, 5) is 24.1. The summed E-state index contributed by atoms with van der Waals surface area (Å²) < 4.78 is 25.8. The molecule has 1 aliphatic heterocycles. The molecule has 0 unspecified atom stereocenters. The van der Waals surface area contributed by atoms with Crippen LogP contribution in [0, 0.1) is 0 Å². The first-order chi connectivity index (χ1) is 13.1. The fraction of sp³-hybridized carbons (Fsp3) is 0.200. The minimum absolute atomic E-state index is 0.125. The number of carbonyl (C=O) groups is 2. The molecule has 7 nitrogen and oxygen atoms in total. The van der Waals surface area contributed by atoms with Crippen molar-refractivity contribution in [2.75, 3.05) is 27.6 Å². The molecule has 0 radical (unpaired) electrons. The Morgan fingerprint density at radius 1 is 1.04 bits per heavy atom. The number of Topliss-reactive ketones (excluding diaryl/α,β-unsaturated/α-hetero) is 1. The maximum Gasteiger partial charge on any atom is 0.331 e. The quantitative estimate of drug-likeness (QED) is 0.421. The standard InChI is InChI=1S/C20H18O7/c1-23-15-5-7-17(24-2)14(9-15)4-8-20(22)25-11-16(21)13-3-6-18-19(10-13)27-12-26-18/h3-10H,11-12H2,1-2H3/b8-4+. The van der Waals surface area contributed by atoms with E-state index >= 15 is 0 Å². The van der Waals surface area contributed by atoms with Gasteiger partial charge in [-0.1, -0.05) is 0 Å². The van der Waals surface area contributed by atoms with Crippen LogP contribution in [-0.2, 0) is 9.53 Å². The minimum atomic E-state index is -0.644. The van der Waals surface area contributed by atoms with Gasteiger partial charge in [0.2, 0.25) is 6.79 Å². The second kappa shape index (κ2) is 8.27. The molecule has 2 aromatic carbocycles. The van der Waals surface area contributed by atoms with Crippen LogP contribution in [0.1, 0.15) is 15.9 Å². The molecule has 140 valence electrons. The second-order valence-electron chi connectivity index (χ2n) is 5.54. The third kappa shape index (κ3) is 4.38. The first-order valence-corrected chi connectivity index (χ1v) is 8.10. The summed E-state index contributed by atoms with van der Waals surface area (Å²) >= 11 is 0. The molecule has 3 rings (SSSR count). The molecule has 0 amide bonds. The predicted molar refractivity (Wildman–Crippen MR) is 96.4 cm³/mol. The highest BCUT2D eigenvalue weighted by Gasteiger charge is 2.17. The Bertz CT molecular complexity index is 886. The molecule has 0 aromatic heterocycles. The Morgan fingerprint density at radius 2 is 1.85 bits per heavy atom. The Kier molecular flexibility index (Phi) is 5.61. The van der Waals surface area contributed by atoms with Crippen LogP contribution in [0.15, 0.2) is 42.5 Å². The number of ketones is 1. The molecule has 0 atom stereocenters. The number of benzene rings is 2. The van der Waals surface area contributed by atoms with Crippen molar-refractivity contribution >= 4 is 17.8 Å². The topological polar surface area (TPSA) is 80.3 Å². The lowest BCUT2D eigenvalue weighted by Crippen LogP contribution is -2.12. The molecule has 0 saturated carbocycles. The zero-order valence-corrected chi connectivity index (χ0v) is 14.9. The van der Waals surface area contributed by atoms with Gasteiger partial charge in [-0.2, -0.15) is 0 Å². The second-order valence-corrected chi connectivity index (χ2v) is 5.54. The van der Waals surface area contributed by atoms with E-state index in [1.807, 2.05) is 0 Å². The lowest BCUT2D eigenvalue weighted by atomic mass is 10.1. The number of hydrogen-bond acceptors (Lipinski definition) is 7. The van der Waals surface area contributed by atoms with E-state index in [1.54, 1.807) is 43.5 Å². The van der Waals surface area contributed by atoms with Crippen molar-refractivity contribution in [3.05, 3.63) is 53.6 Å². The maximum absolute atomic E-state index is 12.2. The van der Waals surface area contributed by atoms with Gasteiger partial charge in [0.25, 0.3) is 0 Å². The van der Waals surface area contributed by atoms with Crippen LogP contribution in [0.3, 0.4) is 0 Å². The molecule has 2 aromatic rings. The van der Waals surface area contributed by atoms with Crippen molar-refractivity contribution < 1.29 is 33.3 Å². The number of hydrogen-bond donors (Lipinski definition) is 0. The van der Waals surface area contributed by atoms with Gasteiger partial charge in [0, 0.05) is 17.2 Å². The number of rotatable bonds is 7. The van der Waals surface area contributed by atoms with E-state index in [4.69, 9.17) is 23.7 Å². The Balaban J connectivity index is 1.59. The number of carbonyl (C=O) groups excluding carboxylic acids is 2. The van der Waals surface area contributed by atoms with Gasteiger partial charge in [0.15, 0.2) is 23.9 Å². The highest BCUT2D eigenvalue weighted by atomic mass is 16.7.